The van der Waals surface area contributed by atoms with E-state index in [2.05, 4.69) is 33.2 Å². The van der Waals surface area contributed by atoms with Gasteiger partial charge in [-0.2, -0.15) is 0 Å². The van der Waals surface area contributed by atoms with Crippen molar-refractivity contribution in [1.82, 2.24) is 0 Å². The Hall–Kier alpha value is -9.13. The molecule has 46 heteroatoms. The highest BCUT2D eigenvalue weighted by Gasteiger charge is 2.34. The molecule has 46 nitrogen and oxygen atoms in total. The van der Waals surface area contributed by atoms with Crippen molar-refractivity contribution >= 4 is 65.7 Å². The maximum atomic E-state index is 12.1. The fourth-order valence-electron chi connectivity index (χ4n) is 8.29. The molecule has 0 aliphatic carbocycles. The lowest BCUT2D eigenvalue weighted by Gasteiger charge is -2.19. The lowest BCUT2D eigenvalue weighted by Crippen LogP contribution is -2.42. The Morgan fingerprint density at radius 3 is 0.888 bits per heavy atom. The minimum absolute atomic E-state index is 0.0383. The Morgan fingerprint density at radius 1 is 0.272 bits per heavy atom. The molecule has 0 fully saturated rings. The minimum Gasteiger partial charge on any atom is -0.467 e. The van der Waals surface area contributed by atoms with E-state index in [9.17, 15) is 134 Å². The van der Waals surface area contributed by atoms with Crippen LogP contribution in [-0.4, -0.2) is 366 Å². The van der Waals surface area contributed by atoms with Gasteiger partial charge in [0.25, 0.3) is 0 Å². The second-order valence-electron chi connectivity index (χ2n) is 26.6. The van der Waals surface area contributed by atoms with Crippen molar-refractivity contribution in [1.29, 1.82) is 0 Å². The maximum Gasteiger partial charge on any atom is 0.338 e. The van der Waals surface area contributed by atoms with Crippen molar-refractivity contribution in [2.75, 3.05) is 121 Å². The average molecular weight is 1810 g/mol. The number of esters is 11. The van der Waals surface area contributed by atoms with Crippen LogP contribution in [0.15, 0.2) is 72.8 Å². The molecular formula is C79H120O46. The summed E-state index contributed by atoms with van der Waals surface area (Å²) in [6.45, 7) is 5.25. The molecule has 0 bridgehead atoms. The second kappa shape index (κ2) is 69.0. The maximum absolute atomic E-state index is 12.1. The summed E-state index contributed by atoms with van der Waals surface area (Å²) in [7, 11) is 4.10. The normalized spacial score (nSPS) is 14.8. The average Bonchev–Trinajstić information content (AvgIpc) is 0.894. The SMILES string of the molecule is CCC(O)COCCCCOCC(O)COC(=O)C(O)C(O)C(=O)OC.CCC(O)COOCc1ccc(C(=O)OCC(O)COC(=O)C(O)C(O)CC(O)C(=O)OC)cc1.CCC(O)COOCc1ccc(C(=O)OCC(O)COC(=O)C(O)CC(O)C(=O)OC)cc1.CCC(O)COOCc1ccc(C(=O)OCC(O)COC(=O)CC(O)C(=O)OC)cc1. The Labute approximate surface area is 718 Å². The van der Waals surface area contributed by atoms with Gasteiger partial charge >= 0.3 is 65.7 Å². The predicted molar refractivity (Wildman–Crippen MR) is 416 cm³/mol. The summed E-state index contributed by atoms with van der Waals surface area (Å²) in [6, 6.07) is 18.6. The number of rotatable bonds is 60. The van der Waals surface area contributed by atoms with Crippen LogP contribution < -0.4 is 0 Å². The Kier molecular flexibility index (Phi) is 64.0. The van der Waals surface area contributed by atoms with Crippen molar-refractivity contribution < 1.29 is 225 Å². The third-order valence-electron chi connectivity index (χ3n) is 16.1. The molecule has 16 atom stereocenters. The van der Waals surface area contributed by atoms with Crippen molar-refractivity contribution in [2.45, 2.75) is 203 Å². The summed E-state index contributed by atoms with van der Waals surface area (Å²) in [4.78, 5) is 156. The van der Waals surface area contributed by atoms with E-state index >= 15 is 0 Å². The summed E-state index contributed by atoms with van der Waals surface area (Å²) in [6.07, 6.45) is -20.7. The molecule has 16 unspecified atom stereocenters. The quantitative estimate of drug-likeness (QED) is 0.00845. The largest absolute Gasteiger partial charge is 0.467 e. The topological polar surface area (TPSA) is 687 Å². The van der Waals surface area contributed by atoms with Crippen molar-refractivity contribution in [3.8, 4) is 0 Å². The number of hydrogen-bond acceptors (Lipinski definition) is 46. The first-order chi connectivity index (χ1) is 59.3. The van der Waals surface area contributed by atoms with Gasteiger partial charge in [0, 0.05) is 26.1 Å². The smallest absolute Gasteiger partial charge is 0.338 e. The number of aliphatic hydroxyl groups excluding tert-OH is 16. The highest BCUT2D eigenvalue weighted by molar-refractivity contribution is 5.91. The van der Waals surface area contributed by atoms with E-state index in [-0.39, 0.29) is 62.9 Å². The molecule has 0 aliphatic rings. The number of hydrogen-bond donors (Lipinski definition) is 16. The number of aliphatic hydroxyl groups is 16. The summed E-state index contributed by atoms with van der Waals surface area (Å²) in [5.74, 6) is -11.1. The van der Waals surface area contributed by atoms with Crippen molar-refractivity contribution in [2.24, 2.45) is 0 Å². The zero-order chi connectivity index (χ0) is 94.4. The zero-order valence-electron chi connectivity index (χ0n) is 70.5. The van der Waals surface area contributed by atoms with Gasteiger partial charge in [-0.15, -0.1) is 0 Å². The van der Waals surface area contributed by atoms with Gasteiger partial charge in [0.1, 0.15) is 110 Å². The van der Waals surface area contributed by atoms with E-state index in [1.807, 2.05) is 20.8 Å². The van der Waals surface area contributed by atoms with Crippen molar-refractivity contribution in [3.63, 3.8) is 0 Å². The summed E-state index contributed by atoms with van der Waals surface area (Å²) in [5, 5.41) is 152. The molecule has 712 valence electrons. The molecule has 0 radical (unpaired) electrons. The van der Waals surface area contributed by atoms with Gasteiger partial charge in [-0.3, -0.25) is 4.79 Å². The number of carbonyl (C=O) groups is 11. The number of methoxy groups -OCH3 is 4. The molecule has 125 heavy (non-hydrogen) atoms. The van der Waals surface area contributed by atoms with Gasteiger partial charge in [0.15, 0.2) is 42.7 Å². The molecule has 0 aromatic heterocycles. The second-order valence-corrected chi connectivity index (χ2v) is 26.6. The molecule has 3 aromatic carbocycles. The van der Waals surface area contributed by atoms with Crippen LogP contribution in [0, 0.1) is 0 Å². The van der Waals surface area contributed by atoms with Gasteiger partial charge < -0.3 is 143 Å². The standard InChI is InChI=1S/C22H32O13.C21H30O12.C20H28O11.C16H30O10/c1-3-15(23)12-35-34-9-13-4-6-14(7-5-13)20(28)32-10-16(24)11-33-22(30)19(27)17(25)8-18(26)21(29)31-2;1-3-15(22)12-33-32-9-13-4-6-14(7-5-13)19(26)30-10-16(23)11-31-21(28)18(25)8-17(24)20(27)29-2;1-3-15(21)12-31-30-9-13-4-6-14(7-5-13)19(25)29-11-16(22)10-28-18(24)8-17(23)20(26)27-2;1-3-11(17)8-24-6-4-5-7-25-9-12(18)10-26-16(22)14(20)13(19)15(21)23-2/h4-7,15-19,23-27H,3,8-12H2,1-2H3;4-7,15-18,22-25H,3,8-12H2,1-2H3;4-7,15-17,21-23H,3,8-12H2,1-2H3;11-14,17-20H,3-10H2,1-2H3. The van der Waals surface area contributed by atoms with E-state index in [0.29, 0.717) is 63.1 Å². The molecule has 0 amide bonds. The van der Waals surface area contributed by atoms with E-state index in [0.717, 1.165) is 40.4 Å². The van der Waals surface area contributed by atoms with Gasteiger partial charge in [0.05, 0.1) is 95.3 Å². The van der Waals surface area contributed by atoms with Crippen LogP contribution in [0.3, 0.4) is 0 Å². The van der Waals surface area contributed by atoms with Crippen LogP contribution in [0.25, 0.3) is 0 Å². The summed E-state index contributed by atoms with van der Waals surface area (Å²) < 4.78 is 60.9. The van der Waals surface area contributed by atoms with E-state index in [1.54, 1.807) is 43.3 Å². The van der Waals surface area contributed by atoms with Crippen LogP contribution in [0.4, 0.5) is 0 Å². The number of ether oxygens (including phenoxy) is 13. The lowest BCUT2D eigenvalue weighted by atomic mass is 10.1. The Bertz CT molecular complexity index is 3480. The molecule has 0 heterocycles. The molecule has 0 aliphatic heterocycles. The number of unbranched alkanes of at least 4 members (excludes halogenated alkanes) is 1. The van der Waals surface area contributed by atoms with Crippen LogP contribution in [0.2, 0.25) is 0 Å². The zero-order valence-corrected chi connectivity index (χ0v) is 70.5. The van der Waals surface area contributed by atoms with Crippen LogP contribution in [0.5, 0.6) is 0 Å². The Balaban J connectivity index is 0.00000165. The first-order valence-corrected chi connectivity index (χ1v) is 38.9. The third-order valence-corrected chi connectivity index (χ3v) is 16.1. The fourth-order valence-corrected chi connectivity index (χ4v) is 8.29. The third kappa shape index (κ3) is 54.5. The predicted octanol–water partition coefficient (Wildman–Crippen LogP) is -3.88. The van der Waals surface area contributed by atoms with Crippen molar-refractivity contribution in [3.05, 3.63) is 106 Å². The van der Waals surface area contributed by atoms with Gasteiger partial charge in [-0.25, -0.2) is 77.3 Å². The monoisotopic (exact) mass is 1800 g/mol. The van der Waals surface area contributed by atoms with Gasteiger partial charge in [-0.1, -0.05) is 64.1 Å². The van der Waals surface area contributed by atoms with Crippen LogP contribution >= 0.6 is 0 Å². The fraction of sp³-hybridized carbons (Fsp3) is 0.633. The van der Waals surface area contributed by atoms with Crippen LogP contribution in [-0.2, 0) is 149 Å². The van der Waals surface area contributed by atoms with Crippen LogP contribution in [0.1, 0.15) is 133 Å². The summed E-state index contributed by atoms with van der Waals surface area (Å²) >= 11 is 0. The first kappa shape index (κ1) is 116. The molecule has 0 saturated heterocycles. The van der Waals surface area contributed by atoms with E-state index in [4.69, 9.17) is 57.7 Å². The lowest BCUT2D eigenvalue weighted by molar-refractivity contribution is -0.314. The molecule has 16 N–H and O–H groups in total. The molecular weight excluding hydrogens is 1680 g/mol. The highest BCUT2D eigenvalue weighted by Crippen LogP contribution is 2.15. The Morgan fingerprint density at radius 2 is 0.544 bits per heavy atom. The molecule has 0 spiro atoms. The van der Waals surface area contributed by atoms with Gasteiger partial charge in [0.2, 0.25) is 0 Å². The molecule has 3 rings (SSSR count). The summed E-state index contributed by atoms with van der Waals surface area (Å²) in [5.41, 5.74) is 2.75. The highest BCUT2D eigenvalue weighted by atomic mass is 17.2. The van der Waals surface area contributed by atoms with Gasteiger partial charge in [-0.05, 0) is 91.6 Å². The number of carbonyl (C=O) groups excluding carboxylic acids is 11. The van der Waals surface area contributed by atoms with E-state index < -0.39 is 229 Å². The van der Waals surface area contributed by atoms with E-state index in [1.165, 1.54) is 36.4 Å². The molecule has 0 saturated carbocycles. The molecule has 3 aromatic rings. The minimum atomic E-state index is -2.10. The first-order valence-electron chi connectivity index (χ1n) is 38.9. The number of benzene rings is 3.